The molecule has 2 aromatic rings. The van der Waals surface area contributed by atoms with E-state index < -0.39 is 0 Å². The van der Waals surface area contributed by atoms with Gasteiger partial charge in [-0.15, -0.1) is 0 Å². The maximum atomic E-state index is 11.8. The standard InChI is InChI=1S/C14H18N4O/c15-7-10-6-14(19)18(9-10)5-4-11-2-1-3-13-12(11)8-16-17-13/h1-3,8,10H,4-7,9,15H2,(H,16,17). The molecule has 3 N–H and O–H groups in total. The van der Waals surface area contributed by atoms with Crippen LogP contribution in [0.25, 0.3) is 10.9 Å². The number of aromatic nitrogens is 2. The molecule has 0 saturated carbocycles. The molecule has 1 atom stereocenters. The summed E-state index contributed by atoms with van der Waals surface area (Å²) in [6.45, 7) is 2.16. The van der Waals surface area contributed by atoms with Crippen molar-refractivity contribution in [3.8, 4) is 0 Å². The van der Waals surface area contributed by atoms with Gasteiger partial charge in [-0.05, 0) is 30.5 Å². The maximum absolute atomic E-state index is 11.8. The number of hydrogen-bond donors (Lipinski definition) is 2. The highest BCUT2D eigenvalue weighted by molar-refractivity contribution is 5.82. The van der Waals surface area contributed by atoms with Gasteiger partial charge in [-0.25, -0.2) is 0 Å². The van der Waals surface area contributed by atoms with Gasteiger partial charge in [0, 0.05) is 24.9 Å². The number of fused-ring (bicyclic) bond motifs is 1. The van der Waals surface area contributed by atoms with Gasteiger partial charge in [-0.3, -0.25) is 9.89 Å². The highest BCUT2D eigenvalue weighted by Crippen LogP contribution is 2.20. The van der Waals surface area contributed by atoms with Crippen LogP contribution in [0, 0.1) is 5.92 Å². The fourth-order valence-corrected chi connectivity index (χ4v) is 2.73. The van der Waals surface area contributed by atoms with Crippen LogP contribution in [-0.2, 0) is 11.2 Å². The molecule has 1 aliphatic rings. The highest BCUT2D eigenvalue weighted by Gasteiger charge is 2.27. The number of benzene rings is 1. The summed E-state index contributed by atoms with van der Waals surface area (Å²) in [4.78, 5) is 13.8. The van der Waals surface area contributed by atoms with Crippen molar-refractivity contribution >= 4 is 16.8 Å². The third kappa shape index (κ3) is 2.33. The van der Waals surface area contributed by atoms with Crippen LogP contribution in [0.5, 0.6) is 0 Å². The van der Waals surface area contributed by atoms with Crippen LogP contribution in [-0.4, -0.2) is 40.6 Å². The van der Waals surface area contributed by atoms with Crippen LogP contribution in [0.15, 0.2) is 24.4 Å². The second-order valence-corrected chi connectivity index (χ2v) is 5.14. The van der Waals surface area contributed by atoms with E-state index in [4.69, 9.17) is 5.73 Å². The van der Waals surface area contributed by atoms with E-state index in [-0.39, 0.29) is 5.91 Å². The molecule has 0 radical (unpaired) electrons. The molecule has 1 aromatic heterocycles. The Labute approximate surface area is 111 Å². The first kappa shape index (κ1) is 12.2. The van der Waals surface area contributed by atoms with E-state index in [1.54, 1.807) is 0 Å². The van der Waals surface area contributed by atoms with Crippen molar-refractivity contribution in [2.45, 2.75) is 12.8 Å². The van der Waals surface area contributed by atoms with Gasteiger partial charge in [0.05, 0.1) is 11.7 Å². The lowest BCUT2D eigenvalue weighted by molar-refractivity contribution is -0.127. The van der Waals surface area contributed by atoms with Crippen molar-refractivity contribution in [1.29, 1.82) is 0 Å². The predicted octanol–water partition coefficient (Wildman–Crippen LogP) is 0.913. The Kier molecular flexibility index (Phi) is 3.21. The molecule has 0 bridgehead atoms. The van der Waals surface area contributed by atoms with Crippen LogP contribution in [0.4, 0.5) is 0 Å². The Bertz CT molecular complexity index is 592. The van der Waals surface area contributed by atoms with Gasteiger partial charge in [0.2, 0.25) is 5.91 Å². The third-order valence-electron chi connectivity index (χ3n) is 3.85. The number of aromatic amines is 1. The molecule has 1 fully saturated rings. The average Bonchev–Trinajstić information content (AvgIpc) is 3.02. The molecule has 0 spiro atoms. The molecule has 3 rings (SSSR count). The normalized spacial score (nSPS) is 19.5. The molecule has 1 saturated heterocycles. The minimum atomic E-state index is 0.231. The lowest BCUT2D eigenvalue weighted by atomic mass is 10.1. The summed E-state index contributed by atoms with van der Waals surface area (Å²) in [5.74, 6) is 0.562. The van der Waals surface area contributed by atoms with E-state index >= 15 is 0 Å². The molecule has 100 valence electrons. The zero-order valence-corrected chi connectivity index (χ0v) is 10.8. The number of likely N-dealkylation sites (tertiary alicyclic amines) is 1. The van der Waals surface area contributed by atoms with E-state index in [1.807, 2.05) is 23.2 Å². The van der Waals surface area contributed by atoms with Gasteiger partial charge in [-0.1, -0.05) is 12.1 Å². The Morgan fingerprint density at radius 1 is 1.47 bits per heavy atom. The number of nitrogens with one attached hydrogen (secondary N) is 1. The predicted molar refractivity (Wildman–Crippen MR) is 73.5 cm³/mol. The van der Waals surface area contributed by atoms with Gasteiger partial charge < -0.3 is 10.6 Å². The van der Waals surface area contributed by atoms with E-state index in [1.165, 1.54) is 5.56 Å². The molecule has 1 amide bonds. The number of nitrogens with zero attached hydrogens (tertiary/aromatic N) is 2. The summed E-state index contributed by atoms with van der Waals surface area (Å²) in [7, 11) is 0. The van der Waals surface area contributed by atoms with Gasteiger partial charge in [0.15, 0.2) is 0 Å². The largest absolute Gasteiger partial charge is 0.342 e. The first-order chi connectivity index (χ1) is 9.28. The molecule has 1 aliphatic heterocycles. The van der Waals surface area contributed by atoms with Crippen LogP contribution in [0.1, 0.15) is 12.0 Å². The molecule has 1 unspecified atom stereocenters. The minimum absolute atomic E-state index is 0.231. The van der Waals surface area contributed by atoms with Crippen molar-refractivity contribution in [3.63, 3.8) is 0 Å². The Morgan fingerprint density at radius 3 is 3.16 bits per heavy atom. The van der Waals surface area contributed by atoms with Crippen LogP contribution in [0.2, 0.25) is 0 Å². The fraction of sp³-hybridized carbons (Fsp3) is 0.429. The molecule has 5 heteroatoms. The number of H-pyrrole nitrogens is 1. The van der Waals surface area contributed by atoms with Gasteiger partial charge in [0.1, 0.15) is 0 Å². The minimum Gasteiger partial charge on any atom is -0.342 e. The first-order valence-corrected chi connectivity index (χ1v) is 6.66. The lowest BCUT2D eigenvalue weighted by Gasteiger charge is -2.16. The smallest absolute Gasteiger partial charge is 0.222 e. The van der Waals surface area contributed by atoms with Crippen molar-refractivity contribution in [1.82, 2.24) is 15.1 Å². The molecule has 0 aliphatic carbocycles. The summed E-state index contributed by atoms with van der Waals surface area (Å²) in [5, 5.41) is 8.17. The number of carbonyl (C=O) groups is 1. The van der Waals surface area contributed by atoms with E-state index in [9.17, 15) is 4.79 Å². The van der Waals surface area contributed by atoms with E-state index in [2.05, 4.69) is 16.3 Å². The van der Waals surface area contributed by atoms with E-state index in [0.717, 1.165) is 30.4 Å². The average molecular weight is 258 g/mol. The first-order valence-electron chi connectivity index (χ1n) is 6.66. The summed E-state index contributed by atoms with van der Waals surface area (Å²) < 4.78 is 0. The second kappa shape index (κ2) is 5.01. The number of carbonyl (C=O) groups excluding carboxylic acids is 1. The van der Waals surface area contributed by atoms with Crippen LogP contribution < -0.4 is 5.73 Å². The molecular weight excluding hydrogens is 240 g/mol. The molecule has 2 heterocycles. The van der Waals surface area contributed by atoms with Crippen molar-refractivity contribution in [2.24, 2.45) is 11.7 Å². The zero-order chi connectivity index (χ0) is 13.2. The monoisotopic (exact) mass is 258 g/mol. The summed E-state index contributed by atoms with van der Waals surface area (Å²) in [5.41, 5.74) is 7.91. The van der Waals surface area contributed by atoms with E-state index in [0.29, 0.717) is 18.9 Å². The van der Waals surface area contributed by atoms with Gasteiger partial charge >= 0.3 is 0 Å². The number of rotatable bonds is 4. The fourth-order valence-electron chi connectivity index (χ4n) is 2.73. The van der Waals surface area contributed by atoms with Gasteiger partial charge in [-0.2, -0.15) is 5.10 Å². The number of nitrogens with two attached hydrogens (primary N) is 1. The second-order valence-electron chi connectivity index (χ2n) is 5.14. The number of hydrogen-bond acceptors (Lipinski definition) is 3. The van der Waals surface area contributed by atoms with Crippen molar-refractivity contribution in [3.05, 3.63) is 30.0 Å². The Morgan fingerprint density at radius 2 is 2.37 bits per heavy atom. The maximum Gasteiger partial charge on any atom is 0.222 e. The summed E-state index contributed by atoms with van der Waals surface area (Å²) in [6.07, 6.45) is 3.31. The topological polar surface area (TPSA) is 75.0 Å². The highest BCUT2D eigenvalue weighted by atomic mass is 16.2. The van der Waals surface area contributed by atoms with Crippen LogP contribution in [0.3, 0.4) is 0 Å². The quantitative estimate of drug-likeness (QED) is 0.856. The zero-order valence-electron chi connectivity index (χ0n) is 10.8. The van der Waals surface area contributed by atoms with Crippen molar-refractivity contribution < 1.29 is 4.79 Å². The molecule has 19 heavy (non-hydrogen) atoms. The molecular formula is C14H18N4O. The summed E-state index contributed by atoms with van der Waals surface area (Å²) in [6, 6.07) is 6.13. The van der Waals surface area contributed by atoms with Crippen molar-refractivity contribution in [2.75, 3.05) is 19.6 Å². The number of amides is 1. The molecule has 5 nitrogen and oxygen atoms in total. The summed E-state index contributed by atoms with van der Waals surface area (Å²) >= 11 is 0. The SMILES string of the molecule is NCC1CC(=O)N(CCc2cccc3[nH]ncc23)C1. The lowest BCUT2D eigenvalue weighted by Crippen LogP contribution is -2.28. The Hall–Kier alpha value is -1.88. The Balaban J connectivity index is 1.69. The van der Waals surface area contributed by atoms with Crippen LogP contribution >= 0.6 is 0 Å². The molecule has 1 aromatic carbocycles. The third-order valence-corrected chi connectivity index (χ3v) is 3.85. The van der Waals surface area contributed by atoms with Gasteiger partial charge in [0.25, 0.3) is 0 Å².